The first-order chi connectivity index (χ1) is 14.0. The fourth-order valence-electron chi connectivity index (χ4n) is 2.66. The van der Waals surface area contributed by atoms with Crippen LogP contribution in [0.4, 0.5) is 10.5 Å². The van der Waals surface area contributed by atoms with Gasteiger partial charge in [-0.05, 0) is 39.0 Å². The standard InChI is InChI=1S/C20H23IN4O4S/c1-20(2,3)29-19(27)23-14-9-15-12(8-17(14)28-6)7-16(25(15)30-21)18(26)13(10-22)11-24(4)5/h7-9,11H,1-6H3,(H,23,27)/b13-11+. The van der Waals surface area contributed by atoms with E-state index in [1.54, 1.807) is 61.9 Å². The molecule has 2 aromatic rings. The maximum Gasteiger partial charge on any atom is 0.412 e. The lowest BCUT2D eigenvalue weighted by Crippen LogP contribution is -2.27. The Kier molecular flexibility index (Phi) is 7.65. The van der Waals surface area contributed by atoms with Crippen molar-refractivity contribution >= 4 is 58.8 Å². The minimum absolute atomic E-state index is 0.0218. The number of carbonyl (C=O) groups is 2. The van der Waals surface area contributed by atoms with E-state index in [1.165, 1.54) is 22.4 Å². The summed E-state index contributed by atoms with van der Waals surface area (Å²) in [4.78, 5) is 26.8. The van der Waals surface area contributed by atoms with Crippen molar-refractivity contribution in [3.63, 3.8) is 0 Å². The molecule has 0 radical (unpaired) electrons. The van der Waals surface area contributed by atoms with Crippen LogP contribution < -0.4 is 10.1 Å². The number of allylic oxidation sites excluding steroid dienone is 1. The number of rotatable bonds is 6. The summed E-state index contributed by atoms with van der Waals surface area (Å²) >= 11 is 2.06. The molecule has 0 saturated heterocycles. The topological polar surface area (TPSA) is 96.6 Å². The largest absolute Gasteiger partial charge is 0.495 e. The first-order valence-electron chi connectivity index (χ1n) is 8.86. The lowest BCUT2D eigenvalue weighted by atomic mass is 10.1. The van der Waals surface area contributed by atoms with Crippen LogP contribution in [0, 0.1) is 11.3 Å². The number of amides is 1. The highest BCUT2D eigenvalue weighted by molar-refractivity contribution is 14.2. The van der Waals surface area contributed by atoms with Crippen LogP contribution in [0.3, 0.4) is 0 Å². The normalized spacial score (nSPS) is 11.7. The van der Waals surface area contributed by atoms with Gasteiger partial charge in [0.2, 0.25) is 5.78 Å². The molecule has 0 fully saturated rings. The van der Waals surface area contributed by atoms with Crippen molar-refractivity contribution in [1.29, 1.82) is 5.26 Å². The monoisotopic (exact) mass is 542 g/mol. The quantitative estimate of drug-likeness (QED) is 0.238. The van der Waals surface area contributed by atoms with E-state index in [0.717, 1.165) is 5.39 Å². The van der Waals surface area contributed by atoms with Gasteiger partial charge < -0.3 is 14.4 Å². The Balaban J connectivity index is 2.57. The van der Waals surface area contributed by atoms with Crippen molar-refractivity contribution in [1.82, 2.24) is 8.87 Å². The summed E-state index contributed by atoms with van der Waals surface area (Å²) in [6.07, 6.45) is 0.871. The van der Waals surface area contributed by atoms with E-state index in [9.17, 15) is 14.9 Å². The molecule has 0 bridgehead atoms. The van der Waals surface area contributed by atoms with Crippen molar-refractivity contribution in [3.8, 4) is 11.8 Å². The molecular formula is C20H23IN4O4S. The van der Waals surface area contributed by atoms with E-state index in [2.05, 4.69) is 26.5 Å². The third-order valence-electron chi connectivity index (χ3n) is 3.77. The van der Waals surface area contributed by atoms with Crippen molar-refractivity contribution in [2.24, 2.45) is 0 Å². The predicted octanol–water partition coefficient (Wildman–Crippen LogP) is 4.99. The molecule has 30 heavy (non-hydrogen) atoms. The number of hydrogen-bond acceptors (Lipinski definition) is 7. The maximum atomic E-state index is 13.0. The van der Waals surface area contributed by atoms with Gasteiger partial charge in [0, 0.05) is 56.0 Å². The van der Waals surface area contributed by atoms with Crippen LogP contribution in [0.15, 0.2) is 30.0 Å². The van der Waals surface area contributed by atoms with Crippen molar-refractivity contribution in [3.05, 3.63) is 35.7 Å². The number of anilines is 1. The van der Waals surface area contributed by atoms with Crippen LogP contribution in [-0.4, -0.2) is 47.6 Å². The van der Waals surface area contributed by atoms with Gasteiger partial charge in [0.1, 0.15) is 28.7 Å². The number of Topliss-reactive ketones (excluding diaryl/α,β-unsaturated/α-hetero) is 1. The Morgan fingerprint density at radius 2 is 1.97 bits per heavy atom. The highest BCUT2D eigenvalue weighted by Gasteiger charge is 2.23. The van der Waals surface area contributed by atoms with Gasteiger partial charge in [0.05, 0.1) is 18.3 Å². The molecule has 0 atom stereocenters. The van der Waals surface area contributed by atoms with Crippen molar-refractivity contribution < 1.29 is 19.1 Å². The molecule has 2 rings (SSSR count). The first kappa shape index (κ1) is 23.9. The van der Waals surface area contributed by atoms with Crippen LogP contribution in [0.1, 0.15) is 31.3 Å². The van der Waals surface area contributed by atoms with Crippen LogP contribution in [0.25, 0.3) is 10.9 Å². The van der Waals surface area contributed by atoms with Gasteiger partial charge in [-0.2, -0.15) is 5.26 Å². The van der Waals surface area contributed by atoms with Crippen LogP contribution >= 0.6 is 30.3 Å². The van der Waals surface area contributed by atoms with Gasteiger partial charge in [0.25, 0.3) is 0 Å². The predicted molar refractivity (Wildman–Crippen MR) is 127 cm³/mol. The third kappa shape index (κ3) is 5.60. The van der Waals surface area contributed by atoms with Crippen molar-refractivity contribution in [2.75, 3.05) is 26.5 Å². The third-order valence-corrected chi connectivity index (χ3v) is 5.48. The van der Waals surface area contributed by atoms with Crippen molar-refractivity contribution in [2.45, 2.75) is 26.4 Å². The zero-order valence-corrected chi connectivity index (χ0v) is 20.5. The molecule has 0 unspecified atom stereocenters. The molecule has 8 nitrogen and oxygen atoms in total. The Hall–Kier alpha value is -2.39. The van der Waals surface area contributed by atoms with E-state index in [1.807, 2.05) is 6.07 Å². The molecule has 1 aromatic heterocycles. The van der Waals surface area contributed by atoms with E-state index in [-0.39, 0.29) is 5.57 Å². The molecule has 0 aliphatic heterocycles. The fraction of sp³-hybridized carbons (Fsp3) is 0.350. The molecule has 0 aliphatic rings. The summed E-state index contributed by atoms with van der Waals surface area (Å²) in [5.41, 5.74) is 0.814. The second kappa shape index (κ2) is 9.61. The molecule has 0 spiro atoms. The zero-order valence-electron chi connectivity index (χ0n) is 17.6. The number of fused-ring (bicyclic) bond motifs is 1. The van der Waals surface area contributed by atoms with E-state index in [0.29, 0.717) is 22.6 Å². The van der Waals surface area contributed by atoms with E-state index >= 15 is 0 Å². The molecular weight excluding hydrogens is 519 g/mol. The number of ketones is 1. The lowest BCUT2D eigenvalue weighted by Gasteiger charge is -2.20. The van der Waals surface area contributed by atoms with E-state index in [4.69, 9.17) is 9.47 Å². The molecule has 1 N–H and O–H groups in total. The number of benzene rings is 1. The second-order valence-electron chi connectivity index (χ2n) is 7.58. The number of carbonyl (C=O) groups excluding carboxylic acids is 2. The summed E-state index contributed by atoms with van der Waals surface area (Å²) in [5.74, 6) is 0.0273. The Morgan fingerprint density at radius 1 is 1.30 bits per heavy atom. The molecule has 10 heteroatoms. The highest BCUT2D eigenvalue weighted by Crippen LogP contribution is 2.36. The number of aromatic nitrogens is 1. The summed E-state index contributed by atoms with van der Waals surface area (Å²) < 4.78 is 12.4. The molecule has 160 valence electrons. The first-order valence-corrected chi connectivity index (χ1v) is 12.2. The number of methoxy groups -OCH3 is 1. The van der Waals surface area contributed by atoms with Crippen LogP contribution in [-0.2, 0) is 4.74 Å². The lowest BCUT2D eigenvalue weighted by molar-refractivity contribution is 0.0635. The fourth-order valence-corrected chi connectivity index (χ4v) is 4.37. The van der Waals surface area contributed by atoms with Crippen LogP contribution in [0.2, 0.25) is 0 Å². The van der Waals surface area contributed by atoms with Gasteiger partial charge in [-0.25, -0.2) is 4.79 Å². The Morgan fingerprint density at radius 3 is 2.47 bits per heavy atom. The Labute approximate surface area is 191 Å². The molecule has 1 heterocycles. The maximum absolute atomic E-state index is 13.0. The molecule has 0 saturated carbocycles. The molecule has 1 amide bonds. The number of nitrogens with one attached hydrogen (secondary N) is 1. The minimum atomic E-state index is -0.647. The summed E-state index contributed by atoms with van der Waals surface area (Å²) in [6.45, 7) is 5.32. The smallest absolute Gasteiger partial charge is 0.412 e. The van der Waals surface area contributed by atoms with Gasteiger partial charge in [0.15, 0.2) is 0 Å². The zero-order chi connectivity index (χ0) is 22.6. The summed E-state index contributed by atoms with van der Waals surface area (Å²) in [7, 11) is 6.27. The van der Waals surface area contributed by atoms with Gasteiger partial charge in [-0.3, -0.25) is 14.1 Å². The number of hydrogen-bond donors (Lipinski definition) is 1. The van der Waals surface area contributed by atoms with E-state index < -0.39 is 17.5 Å². The minimum Gasteiger partial charge on any atom is -0.495 e. The van der Waals surface area contributed by atoms with Gasteiger partial charge in [-0.1, -0.05) is 0 Å². The SMILES string of the molecule is COc1cc2cc(C(=O)/C(C#N)=C/N(C)C)n(SI)c2cc1NC(=O)OC(C)(C)C. The second-order valence-corrected chi connectivity index (χ2v) is 9.26. The average molecular weight is 542 g/mol. The van der Waals surface area contributed by atoms with Crippen LogP contribution in [0.5, 0.6) is 5.75 Å². The van der Waals surface area contributed by atoms with Gasteiger partial charge >= 0.3 is 6.09 Å². The number of ether oxygens (including phenoxy) is 2. The van der Waals surface area contributed by atoms with Gasteiger partial charge in [-0.15, -0.1) is 0 Å². The number of nitriles is 1. The summed E-state index contributed by atoms with van der Waals surface area (Å²) in [6, 6.07) is 7.09. The summed E-state index contributed by atoms with van der Waals surface area (Å²) in [5, 5.41) is 12.8. The average Bonchev–Trinajstić information content (AvgIpc) is 3.00. The highest BCUT2D eigenvalue weighted by atomic mass is 127. The molecule has 1 aromatic carbocycles. The Bertz CT molecular complexity index is 1050. The number of nitrogens with zero attached hydrogens (tertiary/aromatic N) is 3. The number of halogens is 1. The molecule has 0 aliphatic carbocycles.